The van der Waals surface area contributed by atoms with Crippen LogP contribution >= 0.6 is 0 Å². The predicted molar refractivity (Wildman–Crippen MR) is 118 cm³/mol. The Kier molecular flexibility index (Phi) is 6.77. The summed E-state index contributed by atoms with van der Waals surface area (Å²) in [6.07, 6.45) is 6.90. The molecular formula is C25H34O4. The molecule has 158 valence electrons. The third kappa shape index (κ3) is 4.17. The summed E-state index contributed by atoms with van der Waals surface area (Å²) in [5.74, 6) is 0.918. The fourth-order valence-electron chi connectivity index (χ4n) is 4.88. The van der Waals surface area contributed by atoms with E-state index >= 15 is 0 Å². The number of Topliss-reactive ketones (excluding diaryl/α,β-unsaturated/α-hetero) is 1. The van der Waals surface area contributed by atoms with Gasteiger partial charge in [0.2, 0.25) is 0 Å². The molecule has 29 heavy (non-hydrogen) atoms. The molecule has 1 aromatic heterocycles. The van der Waals surface area contributed by atoms with Crippen LogP contribution in [0.1, 0.15) is 64.9 Å². The Hall–Kier alpha value is -2.36. The van der Waals surface area contributed by atoms with Crippen LogP contribution in [0.3, 0.4) is 0 Å². The molecule has 0 N–H and O–H groups in total. The summed E-state index contributed by atoms with van der Waals surface area (Å²) < 4.78 is 11.5. The van der Waals surface area contributed by atoms with E-state index < -0.39 is 5.41 Å². The minimum absolute atomic E-state index is 0.0208. The van der Waals surface area contributed by atoms with Gasteiger partial charge in [-0.2, -0.15) is 0 Å². The van der Waals surface area contributed by atoms with Crippen LogP contribution in [0.15, 0.2) is 44.2 Å². The average molecular weight is 399 g/mol. The molecule has 0 fully saturated rings. The summed E-state index contributed by atoms with van der Waals surface area (Å²) in [7, 11) is 1.51. The van der Waals surface area contributed by atoms with Gasteiger partial charge in [0.05, 0.1) is 18.1 Å². The average Bonchev–Trinajstić information content (AvgIpc) is 2.64. The van der Waals surface area contributed by atoms with Crippen LogP contribution in [-0.4, -0.2) is 12.9 Å². The Morgan fingerprint density at radius 2 is 1.90 bits per heavy atom. The first-order valence-electron chi connectivity index (χ1n) is 10.2. The summed E-state index contributed by atoms with van der Waals surface area (Å²) in [5, 5.41) is 0. The van der Waals surface area contributed by atoms with Gasteiger partial charge in [-0.1, -0.05) is 48.8 Å². The molecule has 1 heterocycles. The highest BCUT2D eigenvalue weighted by atomic mass is 16.6. The van der Waals surface area contributed by atoms with E-state index in [-0.39, 0.29) is 29.0 Å². The van der Waals surface area contributed by atoms with Crippen molar-refractivity contribution in [3.05, 3.63) is 62.1 Å². The summed E-state index contributed by atoms with van der Waals surface area (Å²) in [5.41, 5.74) is 3.85. The SMILES string of the molecule is CCC(=O)[C@H](C)/C=C(\C)[C@H]1C(C)=CC(C)=C[C@@]1(C)c1oc(OC)c(C)c(=O)c1C. The van der Waals surface area contributed by atoms with E-state index in [0.29, 0.717) is 23.3 Å². The molecule has 1 aliphatic rings. The number of hydrogen-bond acceptors (Lipinski definition) is 4. The highest BCUT2D eigenvalue weighted by molar-refractivity contribution is 5.82. The Bertz CT molecular complexity index is 958. The van der Waals surface area contributed by atoms with Gasteiger partial charge in [-0.15, -0.1) is 0 Å². The summed E-state index contributed by atoms with van der Waals surface area (Å²) in [6.45, 7) is 15.7. The molecule has 0 unspecified atom stereocenters. The van der Waals surface area contributed by atoms with Crippen molar-refractivity contribution >= 4 is 5.78 Å². The van der Waals surface area contributed by atoms with Crippen LogP contribution in [-0.2, 0) is 10.2 Å². The first-order chi connectivity index (χ1) is 13.5. The van der Waals surface area contributed by atoms with Gasteiger partial charge in [0.25, 0.3) is 5.95 Å². The molecule has 0 aromatic carbocycles. The van der Waals surface area contributed by atoms with Gasteiger partial charge >= 0.3 is 0 Å². The number of methoxy groups -OCH3 is 1. The minimum atomic E-state index is -0.567. The lowest BCUT2D eigenvalue weighted by atomic mass is 9.64. The molecule has 0 spiro atoms. The molecule has 2 rings (SSSR count). The summed E-state index contributed by atoms with van der Waals surface area (Å²) in [4.78, 5) is 25.0. The van der Waals surface area contributed by atoms with E-state index in [1.54, 1.807) is 6.92 Å². The molecule has 0 saturated carbocycles. The van der Waals surface area contributed by atoms with Gasteiger partial charge in [-0.3, -0.25) is 9.59 Å². The zero-order valence-corrected chi connectivity index (χ0v) is 19.2. The Labute approximate surface area is 174 Å². The molecule has 1 aromatic rings. The van der Waals surface area contributed by atoms with E-state index in [1.165, 1.54) is 12.7 Å². The largest absolute Gasteiger partial charge is 0.468 e. The van der Waals surface area contributed by atoms with Gasteiger partial charge in [-0.05, 0) is 41.5 Å². The molecule has 0 saturated heterocycles. The molecule has 0 bridgehead atoms. The zero-order valence-electron chi connectivity index (χ0n) is 19.2. The fraction of sp³-hybridized carbons (Fsp3) is 0.520. The van der Waals surface area contributed by atoms with Crippen LogP contribution in [0, 0.1) is 25.7 Å². The number of rotatable bonds is 6. The Balaban J connectivity index is 2.74. The molecule has 1 aliphatic carbocycles. The lowest BCUT2D eigenvalue weighted by Crippen LogP contribution is -2.36. The number of carbonyl (C=O) groups is 1. The standard InChI is InChI=1S/C25H34O4/c1-10-20(26)15(3)12-17(5)21-16(4)11-14(2)13-25(21,8)23-18(6)22(27)19(7)24(28-9)29-23/h11-13,15,21H,10H2,1-9H3/b17-12+/t15-,21-,25-/m1/s1. The van der Waals surface area contributed by atoms with Crippen LogP contribution < -0.4 is 10.2 Å². The smallest absolute Gasteiger partial charge is 0.291 e. The number of carbonyl (C=O) groups excluding carboxylic acids is 1. The summed E-state index contributed by atoms with van der Waals surface area (Å²) >= 11 is 0. The maximum atomic E-state index is 12.9. The Morgan fingerprint density at radius 3 is 2.45 bits per heavy atom. The monoisotopic (exact) mass is 398 g/mol. The van der Waals surface area contributed by atoms with Crippen molar-refractivity contribution < 1.29 is 13.9 Å². The van der Waals surface area contributed by atoms with Crippen LogP contribution in [0.2, 0.25) is 0 Å². The molecule has 0 radical (unpaired) electrons. The van der Waals surface area contributed by atoms with Gasteiger partial charge < -0.3 is 9.15 Å². The lowest BCUT2D eigenvalue weighted by molar-refractivity contribution is -0.120. The number of ketones is 1. The normalized spacial score (nSPS) is 23.3. The van der Waals surface area contributed by atoms with Gasteiger partial charge in [0, 0.05) is 23.8 Å². The maximum Gasteiger partial charge on any atom is 0.291 e. The maximum absolute atomic E-state index is 12.9. The second kappa shape index (κ2) is 8.56. The third-order valence-electron chi connectivity index (χ3n) is 6.06. The second-order valence-electron chi connectivity index (χ2n) is 8.51. The van der Waals surface area contributed by atoms with E-state index in [1.807, 2.05) is 20.8 Å². The number of allylic oxidation sites excluding steroid dienone is 6. The number of ether oxygens (including phenoxy) is 1. The van der Waals surface area contributed by atoms with Crippen molar-refractivity contribution in [2.75, 3.05) is 7.11 Å². The van der Waals surface area contributed by atoms with Crippen molar-refractivity contribution in [3.63, 3.8) is 0 Å². The summed E-state index contributed by atoms with van der Waals surface area (Å²) in [6, 6.07) is 0. The molecule has 0 amide bonds. The third-order valence-corrected chi connectivity index (χ3v) is 6.06. The fourth-order valence-corrected chi connectivity index (χ4v) is 4.88. The van der Waals surface area contributed by atoms with E-state index in [4.69, 9.17) is 9.15 Å². The topological polar surface area (TPSA) is 56.5 Å². The van der Waals surface area contributed by atoms with Crippen LogP contribution in [0.5, 0.6) is 5.95 Å². The first-order valence-corrected chi connectivity index (χ1v) is 10.2. The van der Waals surface area contributed by atoms with Gasteiger partial charge in [0.1, 0.15) is 11.5 Å². The minimum Gasteiger partial charge on any atom is -0.468 e. The van der Waals surface area contributed by atoms with Gasteiger partial charge in [0.15, 0.2) is 5.43 Å². The van der Waals surface area contributed by atoms with E-state index in [9.17, 15) is 9.59 Å². The number of hydrogen-bond donors (Lipinski definition) is 0. The Morgan fingerprint density at radius 1 is 1.28 bits per heavy atom. The molecular weight excluding hydrogens is 364 g/mol. The van der Waals surface area contributed by atoms with Crippen molar-refractivity contribution in [2.45, 2.75) is 67.2 Å². The van der Waals surface area contributed by atoms with Crippen molar-refractivity contribution in [3.8, 4) is 5.95 Å². The highest BCUT2D eigenvalue weighted by Crippen LogP contribution is 2.47. The van der Waals surface area contributed by atoms with Crippen molar-refractivity contribution in [1.29, 1.82) is 0 Å². The van der Waals surface area contributed by atoms with Crippen molar-refractivity contribution in [1.82, 2.24) is 0 Å². The second-order valence-corrected chi connectivity index (χ2v) is 8.51. The zero-order chi connectivity index (χ0) is 22.1. The molecule has 0 aliphatic heterocycles. The lowest BCUT2D eigenvalue weighted by Gasteiger charge is -2.40. The molecule has 4 heteroatoms. The first kappa shape index (κ1) is 22.9. The van der Waals surface area contributed by atoms with Crippen molar-refractivity contribution in [2.24, 2.45) is 11.8 Å². The van der Waals surface area contributed by atoms with E-state index in [0.717, 1.165) is 11.1 Å². The van der Waals surface area contributed by atoms with Crippen LogP contribution in [0.4, 0.5) is 0 Å². The quantitative estimate of drug-likeness (QED) is 0.585. The van der Waals surface area contributed by atoms with E-state index in [2.05, 4.69) is 45.9 Å². The predicted octanol–water partition coefficient (Wildman–Crippen LogP) is 5.61. The molecule has 3 atom stereocenters. The highest BCUT2D eigenvalue weighted by Gasteiger charge is 2.42. The van der Waals surface area contributed by atoms with Gasteiger partial charge in [-0.25, -0.2) is 0 Å². The van der Waals surface area contributed by atoms with Crippen LogP contribution in [0.25, 0.3) is 0 Å². The molecule has 4 nitrogen and oxygen atoms in total.